The van der Waals surface area contributed by atoms with Gasteiger partial charge in [-0.25, -0.2) is 9.78 Å². The minimum atomic E-state index is -1.88. The summed E-state index contributed by atoms with van der Waals surface area (Å²) in [7, 11) is -0.214. The van der Waals surface area contributed by atoms with Crippen LogP contribution in [0.15, 0.2) is 42.6 Å². The number of anilines is 1. The first-order valence-electron chi connectivity index (χ1n) is 10.8. The lowest BCUT2D eigenvalue weighted by Gasteiger charge is -2.36. The van der Waals surface area contributed by atoms with E-state index in [-0.39, 0.29) is 5.04 Å². The Kier molecular flexibility index (Phi) is 6.46. The molecule has 3 aromatic rings. The number of pyridine rings is 1. The van der Waals surface area contributed by atoms with Gasteiger partial charge in [-0.1, -0.05) is 20.8 Å². The second-order valence-corrected chi connectivity index (χ2v) is 16.4. The highest BCUT2D eigenvalue weighted by atomic mass is 32.1. The Morgan fingerprint density at radius 1 is 1.03 bits per heavy atom. The Morgan fingerprint density at radius 2 is 1.72 bits per heavy atom. The SMILES string of the molecule is CN(C(=O)OC(C)(C)C)c1ccc(-c2cc3ccc(O[Si](C)(C)C(C)(C)C)cc3s2)cn1. The number of carbonyl (C=O) groups excluding carboxylic acids is 1. The van der Waals surface area contributed by atoms with Crippen LogP contribution in [0.4, 0.5) is 10.6 Å². The van der Waals surface area contributed by atoms with Gasteiger partial charge in [0.15, 0.2) is 0 Å². The highest BCUT2D eigenvalue weighted by Crippen LogP contribution is 2.40. The van der Waals surface area contributed by atoms with Crippen LogP contribution in [0.2, 0.25) is 18.1 Å². The number of ether oxygens (including phenoxy) is 1. The van der Waals surface area contributed by atoms with E-state index in [9.17, 15) is 4.79 Å². The molecule has 0 atom stereocenters. The van der Waals surface area contributed by atoms with Gasteiger partial charge in [0.05, 0.1) is 0 Å². The Hall–Kier alpha value is -2.38. The normalized spacial score (nSPS) is 12.7. The Morgan fingerprint density at radius 3 is 2.28 bits per heavy atom. The predicted octanol–water partition coefficient (Wildman–Crippen LogP) is 7.72. The van der Waals surface area contributed by atoms with Gasteiger partial charge in [-0.15, -0.1) is 11.3 Å². The molecule has 3 rings (SSSR count). The van der Waals surface area contributed by atoms with Crippen LogP contribution in [0.1, 0.15) is 41.5 Å². The van der Waals surface area contributed by atoms with Crippen LogP contribution < -0.4 is 9.33 Å². The maximum atomic E-state index is 12.3. The second-order valence-electron chi connectivity index (χ2n) is 10.6. The molecule has 0 saturated carbocycles. The second kappa shape index (κ2) is 8.52. The molecule has 0 aliphatic carbocycles. The molecule has 172 valence electrons. The number of hydrogen-bond acceptors (Lipinski definition) is 5. The smallest absolute Gasteiger partial charge is 0.415 e. The van der Waals surface area contributed by atoms with Crippen LogP contribution >= 0.6 is 11.3 Å². The molecule has 0 saturated heterocycles. The predicted molar refractivity (Wildman–Crippen MR) is 138 cm³/mol. The zero-order valence-electron chi connectivity index (χ0n) is 20.6. The monoisotopic (exact) mass is 470 g/mol. The number of hydrogen-bond donors (Lipinski definition) is 0. The number of benzene rings is 1. The van der Waals surface area contributed by atoms with Gasteiger partial charge in [0, 0.05) is 28.4 Å². The summed E-state index contributed by atoms with van der Waals surface area (Å²) >= 11 is 1.72. The Labute approximate surface area is 196 Å². The number of nitrogens with zero attached hydrogens (tertiary/aromatic N) is 2. The fourth-order valence-electron chi connectivity index (χ4n) is 2.82. The molecule has 1 amide bonds. The van der Waals surface area contributed by atoms with Crippen molar-refractivity contribution >= 4 is 41.7 Å². The molecule has 0 unspecified atom stereocenters. The highest BCUT2D eigenvalue weighted by molar-refractivity contribution is 7.22. The van der Waals surface area contributed by atoms with E-state index in [2.05, 4.69) is 63.1 Å². The summed E-state index contributed by atoms with van der Waals surface area (Å²) in [5, 5.41) is 1.34. The molecule has 0 bridgehead atoms. The molecular formula is C25H34N2O3SSi. The zero-order valence-corrected chi connectivity index (χ0v) is 22.4. The summed E-state index contributed by atoms with van der Waals surface area (Å²) in [5.41, 5.74) is 0.467. The van der Waals surface area contributed by atoms with Crippen molar-refractivity contribution in [1.82, 2.24) is 4.98 Å². The van der Waals surface area contributed by atoms with Crippen LogP contribution in [0.25, 0.3) is 20.5 Å². The molecule has 0 aliphatic rings. The number of aromatic nitrogens is 1. The van der Waals surface area contributed by atoms with E-state index in [1.165, 1.54) is 15.0 Å². The lowest BCUT2D eigenvalue weighted by molar-refractivity contribution is 0.0588. The molecule has 0 fully saturated rings. The molecule has 2 heterocycles. The van der Waals surface area contributed by atoms with Gasteiger partial charge >= 0.3 is 6.09 Å². The van der Waals surface area contributed by atoms with E-state index in [4.69, 9.17) is 9.16 Å². The Bertz CT molecular complexity index is 1110. The number of thiophene rings is 1. The number of rotatable bonds is 4. The molecule has 0 aliphatic heterocycles. The molecule has 1 aromatic carbocycles. The minimum absolute atomic E-state index is 0.155. The molecule has 2 aromatic heterocycles. The standard InChI is InChI=1S/C25H34N2O3SSi/c1-24(2,3)29-23(28)27(7)22-13-11-18(16-26-22)20-14-17-10-12-19(15-21(17)31-20)30-32(8,9)25(4,5)6/h10-16H,1-9H3. The number of amides is 1. The molecule has 32 heavy (non-hydrogen) atoms. The topological polar surface area (TPSA) is 51.7 Å². The molecule has 0 spiro atoms. The third kappa shape index (κ3) is 5.50. The molecular weight excluding hydrogens is 436 g/mol. The fraction of sp³-hybridized carbons (Fsp3) is 0.440. The average molecular weight is 471 g/mol. The highest BCUT2D eigenvalue weighted by Gasteiger charge is 2.39. The quantitative estimate of drug-likeness (QED) is 0.366. The van der Waals surface area contributed by atoms with Gasteiger partial charge in [0.1, 0.15) is 17.2 Å². The van der Waals surface area contributed by atoms with Crippen LogP contribution in [-0.2, 0) is 4.74 Å². The van der Waals surface area contributed by atoms with Crippen molar-refractivity contribution < 1.29 is 14.0 Å². The summed E-state index contributed by atoms with van der Waals surface area (Å²) in [6.45, 7) is 16.8. The van der Waals surface area contributed by atoms with Gasteiger partial charge in [-0.2, -0.15) is 0 Å². The summed E-state index contributed by atoms with van der Waals surface area (Å²) in [6, 6.07) is 12.3. The van der Waals surface area contributed by atoms with Gasteiger partial charge in [-0.05, 0) is 80.7 Å². The van der Waals surface area contributed by atoms with E-state index in [0.29, 0.717) is 5.82 Å². The van der Waals surface area contributed by atoms with Crippen molar-refractivity contribution in [3.63, 3.8) is 0 Å². The van der Waals surface area contributed by atoms with Crippen LogP contribution in [0.5, 0.6) is 5.75 Å². The summed E-state index contributed by atoms with van der Waals surface area (Å²) in [5.74, 6) is 1.49. The molecule has 0 radical (unpaired) electrons. The van der Waals surface area contributed by atoms with Gasteiger partial charge in [0.2, 0.25) is 8.32 Å². The number of fused-ring (bicyclic) bond motifs is 1. The lowest BCUT2D eigenvalue weighted by atomic mass is 10.2. The van der Waals surface area contributed by atoms with Crippen molar-refractivity contribution in [1.29, 1.82) is 0 Å². The van der Waals surface area contributed by atoms with Gasteiger partial charge in [-0.3, -0.25) is 4.90 Å². The molecule has 7 heteroatoms. The van der Waals surface area contributed by atoms with E-state index in [0.717, 1.165) is 16.2 Å². The lowest BCUT2D eigenvalue weighted by Crippen LogP contribution is -2.43. The van der Waals surface area contributed by atoms with Crippen molar-refractivity contribution in [2.24, 2.45) is 0 Å². The van der Waals surface area contributed by atoms with Crippen molar-refractivity contribution in [3.8, 4) is 16.2 Å². The summed E-state index contributed by atoms with van der Waals surface area (Å²) in [4.78, 5) is 19.3. The number of carbonyl (C=O) groups is 1. The van der Waals surface area contributed by atoms with E-state index in [1.807, 2.05) is 32.9 Å². The Balaban J connectivity index is 1.80. The molecule has 5 nitrogen and oxygen atoms in total. The maximum Gasteiger partial charge on any atom is 0.415 e. The fourth-order valence-corrected chi connectivity index (χ4v) is 4.92. The average Bonchev–Trinajstić information content (AvgIpc) is 3.08. The van der Waals surface area contributed by atoms with Gasteiger partial charge < -0.3 is 9.16 Å². The van der Waals surface area contributed by atoms with Crippen molar-refractivity contribution in [2.45, 2.75) is 65.3 Å². The van der Waals surface area contributed by atoms with E-state index in [1.54, 1.807) is 24.6 Å². The van der Waals surface area contributed by atoms with E-state index < -0.39 is 20.0 Å². The summed E-state index contributed by atoms with van der Waals surface area (Å²) < 4.78 is 13.1. The van der Waals surface area contributed by atoms with Crippen molar-refractivity contribution in [2.75, 3.05) is 11.9 Å². The molecule has 0 N–H and O–H groups in total. The first kappa shape index (κ1) is 24.3. The summed E-state index contributed by atoms with van der Waals surface area (Å²) in [6.07, 6.45) is 1.38. The van der Waals surface area contributed by atoms with Crippen LogP contribution in [0, 0.1) is 0 Å². The first-order valence-corrected chi connectivity index (χ1v) is 14.5. The van der Waals surface area contributed by atoms with Crippen LogP contribution in [-0.4, -0.2) is 32.0 Å². The largest absolute Gasteiger partial charge is 0.543 e. The first-order chi connectivity index (χ1) is 14.7. The van der Waals surface area contributed by atoms with Crippen LogP contribution in [0.3, 0.4) is 0 Å². The van der Waals surface area contributed by atoms with Gasteiger partial charge in [0.25, 0.3) is 0 Å². The minimum Gasteiger partial charge on any atom is -0.543 e. The third-order valence-electron chi connectivity index (χ3n) is 5.71. The maximum absolute atomic E-state index is 12.3. The zero-order chi connectivity index (χ0) is 23.9. The van der Waals surface area contributed by atoms with E-state index >= 15 is 0 Å². The third-order valence-corrected chi connectivity index (χ3v) is 11.2. The van der Waals surface area contributed by atoms with Crippen molar-refractivity contribution in [3.05, 3.63) is 42.6 Å².